The van der Waals surface area contributed by atoms with Gasteiger partial charge in [0.25, 0.3) is 0 Å². The molecule has 1 saturated heterocycles. The third-order valence-electron chi connectivity index (χ3n) is 8.46. The predicted molar refractivity (Wildman–Crippen MR) is 170 cm³/mol. The van der Waals surface area contributed by atoms with Gasteiger partial charge in [0.05, 0.1) is 0 Å². The van der Waals surface area contributed by atoms with Crippen molar-refractivity contribution in [2.75, 3.05) is 32.7 Å². The number of hydrogen-bond acceptors (Lipinski definition) is 3. The monoisotopic (exact) mass is 557 g/mol. The first-order valence-corrected chi connectivity index (χ1v) is 15.0. The van der Waals surface area contributed by atoms with E-state index >= 15 is 0 Å². The molecule has 0 saturated carbocycles. The Morgan fingerprint density at radius 2 is 1.52 bits per heavy atom. The van der Waals surface area contributed by atoms with Crippen LogP contribution in [0.15, 0.2) is 109 Å². The van der Waals surface area contributed by atoms with Crippen LogP contribution in [0.5, 0.6) is 11.5 Å². The summed E-state index contributed by atoms with van der Waals surface area (Å²) >= 11 is 0. The highest BCUT2D eigenvalue weighted by molar-refractivity contribution is 5.87. The first-order valence-electron chi connectivity index (χ1n) is 15.0. The summed E-state index contributed by atoms with van der Waals surface area (Å²) in [7, 11) is 0. The second-order valence-electron chi connectivity index (χ2n) is 11.3. The van der Waals surface area contributed by atoms with E-state index in [2.05, 4.69) is 95.1 Å². The molecule has 5 nitrogen and oxygen atoms in total. The Hall–Kier alpha value is -4.35. The second kappa shape index (κ2) is 12.7. The molecule has 1 atom stereocenters. The fraction of sp³-hybridized carbons (Fsp3) is 0.270. The fourth-order valence-electron chi connectivity index (χ4n) is 6.02. The average molecular weight is 558 g/mol. The van der Waals surface area contributed by atoms with Crippen molar-refractivity contribution in [2.24, 2.45) is 0 Å². The lowest BCUT2D eigenvalue weighted by atomic mass is 9.87. The van der Waals surface area contributed by atoms with Gasteiger partial charge in [0, 0.05) is 62.2 Å². The Kier molecular flexibility index (Phi) is 8.38. The van der Waals surface area contributed by atoms with Crippen LogP contribution < -0.4 is 4.74 Å². The second-order valence-corrected chi connectivity index (χ2v) is 11.3. The molecular weight excluding hydrogens is 518 g/mol. The highest BCUT2D eigenvalue weighted by Gasteiger charge is 2.27. The number of rotatable bonds is 9. The summed E-state index contributed by atoms with van der Waals surface area (Å²) in [6.07, 6.45) is 2.68. The third kappa shape index (κ3) is 6.27. The summed E-state index contributed by atoms with van der Waals surface area (Å²) in [5, 5.41) is 1.19. The lowest BCUT2D eigenvalue weighted by Gasteiger charge is -2.35. The van der Waals surface area contributed by atoms with Gasteiger partial charge in [0.15, 0.2) is 0 Å². The summed E-state index contributed by atoms with van der Waals surface area (Å²) in [5.74, 6) is 1.67. The van der Waals surface area contributed by atoms with Crippen molar-refractivity contribution in [3.63, 3.8) is 0 Å². The molecular formula is C37H39N3O2. The SMILES string of the molecule is CCN1CCN(C(=O)C[C@H](c2cccc(Oc3ccccc3)c2)c2cn(Cc3ccc(C)cc3)c3ccccc23)CC1. The van der Waals surface area contributed by atoms with Gasteiger partial charge in [0.1, 0.15) is 11.5 Å². The van der Waals surface area contributed by atoms with Crippen LogP contribution in [0.2, 0.25) is 0 Å². The van der Waals surface area contributed by atoms with Gasteiger partial charge in [0.2, 0.25) is 5.91 Å². The van der Waals surface area contributed by atoms with Gasteiger partial charge >= 0.3 is 0 Å². The van der Waals surface area contributed by atoms with Crippen LogP contribution in [-0.2, 0) is 11.3 Å². The van der Waals surface area contributed by atoms with Gasteiger partial charge < -0.3 is 19.1 Å². The third-order valence-corrected chi connectivity index (χ3v) is 8.46. The van der Waals surface area contributed by atoms with Gasteiger partial charge in [-0.3, -0.25) is 4.79 Å². The highest BCUT2D eigenvalue weighted by Crippen LogP contribution is 2.37. The largest absolute Gasteiger partial charge is 0.457 e. The van der Waals surface area contributed by atoms with Crippen molar-refractivity contribution in [1.29, 1.82) is 0 Å². The number of piperazine rings is 1. The van der Waals surface area contributed by atoms with E-state index in [4.69, 9.17) is 4.74 Å². The molecule has 1 amide bonds. The van der Waals surface area contributed by atoms with E-state index in [9.17, 15) is 4.79 Å². The van der Waals surface area contributed by atoms with Crippen LogP contribution in [0.1, 0.15) is 41.5 Å². The maximum atomic E-state index is 13.9. The number of hydrogen-bond donors (Lipinski definition) is 0. The molecule has 1 aliphatic heterocycles. The molecule has 0 bridgehead atoms. The van der Waals surface area contributed by atoms with Crippen molar-refractivity contribution in [1.82, 2.24) is 14.4 Å². The van der Waals surface area contributed by atoms with Gasteiger partial charge in [-0.05, 0) is 60.5 Å². The van der Waals surface area contributed by atoms with Crippen LogP contribution in [-0.4, -0.2) is 53.0 Å². The van der Waals surface area contributed by atoms with Crippen LogP contribution in [0.3, 0.4) is 0 Å². The molecule has 214 valence electrons. The Balaban J connectivity index is 1.37. The van der Waals surface area contributed by atoms with E-state index < -0.39 is 0 Å². The molecule has 42 heavy (non-hydrogen) atoms. The number of para-hydroxylation sites is 2. The summed E-state index contributed by atoms with van der Waals surface area (Å²) in [4.78, 5) is 18.3. The van der Waals surface area contributed by atoms with Crippen molar-refractivity contribution >= 4 is 16.8 Å². The number of likely N-dealkylation sites (N-methyl/N-ethyl adjacent to an activating group) is 1. The number of aryl methyl sites for hydroxylation is 1. The molecule has 4 aromatic carbocycles. The Labute approximate surface area is 249 Å². The van der Waals surface area contributed by atoms with E-state index in [0.29, 0.717) is 6.42 Å². The number of ether oxygens (including phenoxy) is 1. The Bertz CT molecular complexity index is 1630. The summed E-state index contributed by atoms with van der Waals surface area (Å²) in [6, 6.07) is 35.4. The molecule has 1 aromatic heterocycles. The van der Waals surface area contributed by atoms with E-state index in [1.165, 1.54) is 27.6 Å². The summed E-state index contributed by atoms with van der Waals surface area (Å²) in [6.45, 7) is 9.54. The molecule has 5 heteroatoms. The van der Waals surface area contributed by atoms with Crippen LogP contribution in [0.4, 0.5) is 0 Å². The number of aromatic nitrogens is 1. The summed E-state index contributed by atoms with van der Waals surface area (Å²) in [5.41, 5.74) is 5.96. The fourth-order valence-corrected chi connectivity index (χ4v) is 6.02. The van der Waals surface area contributed by atoms with Gasteiger partial charge in [-0.2, -0.15) is 0 Å². The van der Waals surface area contributed by atoms with Crippen LogP contribution in [0.25, 0.3) is 10.9 Å². The molecule has 5 aromatic rings. The zero-order valence-corrected chi connectivity index (χ0v) is 24.6. The molecule has 0 radical (unpaired) electrons. The quantitative estimate of drug-likeness (QED) is 0.189. The average Bonchev–Trinajstić information content (AvgIpc) is 3.39. The lowest BCUT2D eigenvalue weighted by Crippen LogP contribution is -2.48. The molecule has 0 aliphatic carbocycles. The first-order chi connectivity index (χ1) is 20.6. The Morgan fingerprint density at radius 1 is 0.810 bits per heavy atom. The van der Waals surface area contributed by atoms with Crippen molar-refractivity contribution in [3.8, 4) is 11.5 Å². The number of fused-ring (bicyclic) bond motifs is 1. The lowest BCUT2D eigenvalue weighted by molar-refractivity contribution is -0.133. The number of amides is 1. The number of carbonyl (C=O) groups excluding carboxylic acids is 1. The highest BCUT2D eigenvalue weighted by atomic mass is 16.5. The number of nitrogens with zero attached hydrogens (tertiary/aromatic N) is 3. The maximum Gasteiger partial charge on any atom is 0.223 e. The molecule has 0 spiro atoms. The molecule has 0 unspecified atom stereocenters. The zero-order chi connectivity index (χ0) is 28.9. The normalized spacial score (nSPS) is 14.7. The van der Waals surface area contributed by atoms with E-state index in [0.717, 1.165) is 56.3 Å². The minimum atomic E-state index is -0.106. The van der Waals surface area contributed by atoms with Gasteiger partial charge in [-0.15, -0.1) is 0 Å². The molecule has 2 heterocycles. The first kappa shape index (κ1) is 27.8. The molecule has 6 rings (SSSR count). The maximum absolute atomic E-state index is 13.9. The Morgan fingerprint density at radius 3 is 2.29 bits per heavy atom. The number of carbonyl (C=O) groups is 1. The van der Waals surface area contributed by atoms with E-state index in [1.54, 1.807) is 0 Å². The smallest absolute Gasteiger partial charge is 0.223 e. The molecule has 1 aliphatic rings. The predicted octanol–water partition coefficient (Wildman–Crippen LogP) is 7.48. The minimum Gasteiger partial charge on any atom is -0.457 e. The molecule has 1 fully saturated rings. The summed E-state index contributed by atoms with van der Waals surface area (Å²) < 4.78 is 8.56. The van der Waals surface area contributed by atoms with Crippen LogP contribution in [0, 0.1) is 6.92 Å². The molecule has 0 N–H and O–H groups in total. The van der Waals surface area contributed by atoms with Crippen molar-refractivity contribution in [2.45, 2.75) is 32.7 Å². The van der Waals surface area contributed by atoms with Gasteiger partial charge in [-0.1, -0.05) is 85.3 Å². The standard InChI is InChI=1S/C37H39N3O2/c1-3-38-20-22-39(23-21-38)37(41)25-34(30-10-9-13-32(24-30)42-31-11-5-4-6-12-31)35-27-40(36-15-8-7-14-33(35)36)26-29-18-16-28(2)17-19-29/h4-19,24,27,34H,3,20-23,25-26H2,1-2H3/t34-/m1/s1. The zero-order valence-electron chi connectivity index (χ0n) is 24.6. The minimum absolute atomic E-state index is 0.106. The van der Waals surface area contributed by atoms with Gasteiger partial charge in [-0.25, -0.2) is 0 Å². The topological polar surface area (TPSA) is 37.7 Å². The van der Waals surface area contributed by atoms with E-state index in [1.807, 2.05) is 42.5 Å². The van der Waals surface area contributed by atoms with Crippen LogP contribution >= 0.6 is 0 Å². The van der Waals surface area contributed by atoms with Crippen molar-refractivity contribution < 1.29 is 9.53 Å². The van der Waals surface area contributed by atoms with Crippen molar-refractivity contribution in [3.05, 3.63) is 132 Å². The number of benzene rings is 4. The van der Waals surface area contributed by atoms with E-state index in [-0.39, 0.29) is 11.8 Å².